The van der Waals surface area contributed by atoms with Gasteiger partial charge in [-0.2, -0.15) is 0 Å². The molecule has 1 heterocycles. The standard InChI is InChI=1S/C21H28N2O.2ClH/c22-19-8-12-23(13-9-19)15-20(21(24)10-3-11-21)18-7-6-16-4-1-2-5-17(16)14-18;;/h1-2,4-7,14,19-20,24H,3,8-13,15,22H2;2*1H. The molecule has 2 aliphatic rings. The van der Waals surface area contributed by atoms with Crippen molar-refractivity contribution in [1.82, 2.24) is 4.90 Å². The molecule has 4 rings (SSSR count). The van der Waals surface area contributed by atoms with Gasteiger partial charge in [-0.1, -0.05) is 42.5 Å². The van der Waals surface area contributed by atoms with Crippen LogP contribution < -0.4 is 5.73 Å². The van der Waals surface area contributed by atoms with Gasteiger partial charge in [0.05, 0.1) is 5.60 Å². The molecule has 0 aromatic heterocycles. The van der Waals surface area contributed by atoms with Gasteiger partial charge in [0.2, 0.25) is 0 Å². The van der Waals surface area contributed by atoms with E-state index in [0.717, 1.165) is 51.7 Å². The average molecular weight is 397 g/mol. The van der Waals surface area contributed by atoms with Crippen LogP contribution in [0.25, 0.3) is 10.8 Å². The van der Waals surface area contributed by atoms with Crippen LogP contribution in [0.1, 0.15) is 43.6 Å². The summed E-state index contributed by atoms with van der Waals surface area (Å²) in [5.41, 5.74) is 6.81. The molecular formula is C21H30Cl2N2O. The van der Waals surface area contributed by atoms with E-state index in [0.29, 0.717) is 6.04 Å². The molecule has 2 aromatic rings. The van der Waals surface area contributed by atoms with Crippen molar-refractivity contribution in [3.8, 4) is 0 Å². The molecule has 0 spiro atoms. The minimum atomic E-state index is -0.526. The number of nitrogens with two attached hydrogens (primary N) is 1. The zero-order chi connectivity index (χ0) is 16.6. The Morgan fingerprint density at radius 2 is 1.69 bits per heavy atom. The summed E-state index contributed by atoms with van der Waals surface area (Å²) in [6.45, 7) is 3.06. The van der Waals surface area contributed by atoms with Crippen molar-refractivity contribution in [2.45, 2.75) is 49.7 Å². The summed E-state index contributed by atoms with van der Waals surface area (Å²) in [4.78, 5) is 2.50. The van der Waals surface area contributed by atoms with Gasteiger partial charge in [-0.3, -0.25) is 0 Å². The van der Waals surface area contributed by atoms with Crippen molar-refractivity contribution < 1.29 is 5.11 Å². The van der Waals surface area contributed by atoms with Gasteiger partial charge < -0.3 is 15.7 Å². The zero-order valence-corrected chi connectivity index (χ0v) is 16.8. The summed E-state index contributed by atoms with van der Waals surface area (Å²) in [6.07, 6.45) is 5.15. The van der Waals surface area contributed by atoms with Crippen LogP contribution in [-0.2, 0) is 0 Å². The Kier molecular flexibility index (Phi) is 7.35. The molecule has 0 radical (unpaired) electrons. The molecule has 144 valence electrons. The molecule has 26 heavy (non-hydrogen) atoms. The monoisotopic (exact) mass is 396 g/mol. The highest BCUT2D eigenvalue weighted by Crippen LogP contribution is 2.44. The van der Waals surface area contributed by atoms with Gasteiger partial charge >= 0.3 is 0 Å². The Morgan fingerprint density at radius 3 is 2.31 bits per heavy atom. The molecule has 1 aliphatic carbocycles. The van der Waals surface area contributed by atoms with E-state index in [2.05, 4.69) is 47.4 Å². The lowest BCUT2D eigenvalue weighted by Crippen LogP contribution is -2.49. The quantitative estimate of drug-likeness (QED) is 0.817. The average Bonchev–Trinajstić information content (AvgIpc) is 2.59. The molecule has 5 heteroatoms. The Hall–Kier alpha value is -0.840. The third-order valence-corrected chi connectivity index (χ3v) is 6.12. The molecule has 1 unspecified atom stereocenters. The van der Waals surface area contributed by atoms with E-state index < -0.39 is 5.60 Å². The first-order valence-corrected chi connectivity index (χ1v) is 9.33. The van der Waals surface area contributed by atoms with Crippen LogP contribution in [0.5, 0.6) is 0 Å². The van der Waals surface area contributed by atoms with Crippen LogP contribution in [0.2, 0.25) is 0 Å². The van der Waals surface area contributed by atoms with Gasteiger partial charge in [0.25, 0.3) is 0 Å². The van der Waals surface area contributed by atoms with Gasteiger partial charge in [0.1, 0.15) is 0 Å². The molecule has 1 atom stereocenters. The van der Waals surface area contributed by atoms with Gasteiger partial charge in [-0.25, -0.2) is 0 Å². The fourth-order valence-corrected chi connectivity index (χ4v) is 4.29. The fourth-order valence-electron chi connectivity index (χ4n) is 4.29. The van der Waals surface area contributed by atoms with Crippen LogP contribution in [-0.4, -0.2) is 41.3 Å². The third-order valence-electron chi connectivity index (χ3n) is 6.12. The minimum absolute atomic E-state index is 0. The van der Waals surface area contributed by atoms with Gasteiger partial charge in [0.15, 0.2) is 0 Å². The Morgan fingerprint density at radius 1 is 1.04 bits per heavy atom. The highest BCUT2D eigenvalue weighted by atomic mass is 35.5. The van der Waals surface area contributed by atoms with Crippen molar-refractivity contribution >= 4 is 35.6 Å². The lowest BCUT2D eigenvalue weighted by molar-refractivity contribution is -0.0657. The fraction of sp³-hybridized carbons (Fsp3) is 0.524. The summed E-state index contributed by atoms with van der Waals surface area (Å²) in [6, 6.07) is 15.5. The SMILES string of the molecule is Cl.Cl.NC1CCN(CC(c2ccc3ccccc3c2)C2(O)CCC2)CC1. The number of benzene rings is 2. The van der Waals surface area contributed by atoms with Crippen molar-refractivity contribution in [2.75, 3.05) is 19.6 Å². The summed E-state index contributed by atoms with van der Waals surface area (Å²) < 4.78 is 0. The van der Waals surface area contributed by atoms with Crippen LogP contribution in [0, 0.1) is 0 Å². The first kappa shape index (κ1) is 21.5. The molecular weight excluding hydrogens is 367 g/mol. The summed E-state index contributed by atoms with van der Waals surface area (Å²) in [5.74, 6) is 0.199. The van der Waals surface area contributed by atoms with Crippen LogP contribution in [0.4, 0.5) is 0 Å². The number of hydrogen-bond acceptors (Lipinski definition) is 3. The normalized spacial score (nSPS) is 21.3. The topological polar surface area (TPSA) is 49.5 Å². The molecule has 2 aromatic carbocycles. The molecule has 3 N–H and O–H groups in total. The Balaban J connectivity index is 0.00000121. The van der Waals surface area contributed by atoms with Crippen molar-refractivity contribution in [3.63, 3.8) is 0 Å². The van der Waals surface area contributed by atoms with Crippen LogP contribution in [0.15, 0.2) is 42.5 Å². The summed E-state index contributed by atoms with van der Waals surface area (Å²) in [7, 11) is 0. The number of halogens is 2. The minimum Gasteiger partial charge on any atom is -0.389 e. The molecule has 1 saturated carbocycles. The molecule has 1 saturated heterocycles. The second kappa shape index (κ2) is 8.90. The molecule has 0 bridgehead atoms. The highest BCUT2D eigenvalue weighted by Gasteiger charge is 2.43. The predicted octanol–water partition coefficient (Wildman–Crippen LogP) is 4.11. The maximum Gasteiger partial charge on any atom is 0.0728 e. The smallest absolute Gasteiger partial charge is 0.0728 e. The largest absolute Gasteiger partial charge is 0.389 e. The van der Waals surface area contributed by atoms with Crippen molar-refractivity contribution in [2.24, 2.45) is 5.73 Å². The number of piperidine rings is 1. The lowest BCUT2D eigenvalue weighted by Gasteiger charge is -2.46. The van der Waals surface area contributed by atoms with Gasteiger partial charge in [-0.15, -0.1) is 24.8 Å². The number of aliphatic hydroxyl groups is 1. The summed E-state index contributed by atoms with van der Waals surface area (Å²) >= 11 is 0. The first-order chi connectivity index (χ1) is 11.6. The van der Waals surface area contributed by atoms with E-state index in [-0.39, 0.29) is 30.7 Å². The van der Waals surface area contributed by atoms with E-state index in [1.807, 2.05) is 0 Å². The van der Waals surface area contributed by atoms with Gasteiger partial charge in [-0.05, 0) is 61.5 Å². The number of nitrogens with zero attached hydrogens (tertiary/aromatic N) is 1. The van der Waals surface area contributed by atoms with E-state index in [1.165, 1.54) is 16.3 Å². The number of likely N-dealkylation sites (tertiary alicyclic amines) is 1. The molecule has 2 fully saturated rings. The number of rotatable bonds is 4. The second-order valence-electron chi connectivity index (χ2n) is 7.75. The van der Waals surface area contributed by atoms with Crippen LogP contribution in [0.3, 0.4) is 0 Å². The zero-order valence-electron chi connectivity index (χ0n) is 15.1. The molecule has 1 aliphatic heterocycles. The third kappa shape index (κ3) is 4.35. The molecule has 3 nitrogen and oxygen atoms in total. The van der Waals surface area contributed by atoms with E-state index >= 15 is 0 Å². The van der Waals surface area contributed by atoms with E-state index in [4.69, 9.17) is 5.73 Å². The number of fused-ring (bicyclic) bond motifs is 1. The molecule has 0 amide bonds. The second-order valence-corrected chi connectivity index (χ2v) is 7.75. The highest BCUT2D eigenvalue weighted by molar-refractivity contribution is 5.85. The van der Waals surface area contributed by atoms with E-state index in [9.17, 15) is 5.11 Å². The Bertz CT molecular complexity index is 712. The van der Waals surface area contributed by atoms with Gasteiger partial charge in [0, 0.05) is 18.5 Å². The predicted molar refractivity (Wildman–Crippen MR) is 114 cm³/mol. The Labute approximate surface area is 168 Å². The van der Waals surface area contributed by atoms with E-state index in [1.54, 1.807) is 0 Å². The maximum atomic E-state index is 11.1. The lowest BCUT2D eigenvalue weighted by atomic mass is 9.68. The van der Waals surface area contributed by atoms with Crippen molar-refractivity contribution in [1.29, 1.82) is 0 Å². The van der Waals surface area contributed by atoms with Crippen LogP contribution >= 0.6 is 24.8 Å². The summed E-state index contributed by atoms with van der Waals surface area (Å²) in [5, 5.41) is 13.7. The number of hydrogen-bond donors (Lipinski definition) is 2. The first-order valence-electron chi connectivity index (χ1n) is 9.33. The maximum absolute atomic E-state index is 11.1. The van der Waals surface area contributed by atoms with Crippen molar-refractivity contribution in [3.05, 3.63) is 48.0 Å².